The maximum Gasteiger partial charge on any atom is 0.327 e. The van der Waals surface area contributed by atoms with E-state index in [9.17, 15) is 35.3 Å². The van der Waals surface area contributed by atoms with Crippen molar-refractivity contribution in [2.75, 3.05) is 34.9 Å². The Morgan fingerprint density at radius 2 is 1.71 bits per heavy atom. The van der Waals surface area contributed by atoms with Gasteiger partial charge in [-0.05, 0) is 71.4 Å². The Kier molecular flexibility index (Phi) is 29.7. The van der Waals surface area contributed by atoms with Crippen molar-refractivity contribution in [3.63, 3.8) is 0 Å². The number of nitriles is 1. The molecule has 3 rings (SSSR count). The fourth-order valence-corrected chi connectivity index (χ4v) is 9.30. The highest BCUT2D eigenvalue weighted by atomic mass is 31.2. The van der Waals surface area contributed by atoms with Gasteiger partial charge in [-0.2, -0.15) is 5.26 Å². The van der Waals surface area contributed by atoms with Crippen molar-refractivity contribution in [1.82, 2.24) is 9.88 Å². The number of likely N-dealkylation sites (N-methyl/N-ethyl adjacent to an activating group) is 1. The molecule has 0 aromatic carbocycles. The number of allylic oxidation sites excluding steroid dienone is 7. The number of aliphatic hydroxyl groups excluding tert-OH is 5. The van der Waals surface area contributed by atoms with Crippen LogP contribution in [0.3, 0.4) is 0 Å². The number of nitrogens with zero attached hydrogens (tertiary/aromatic N) is 3. The SMILES string of the molecule is CC.COCC([C@@H](O)C(O)CCCc1nc(/C=C/CC2OC3(C[C@H](O)C2C)OC(C(CC(O)[C@@H](C)C(O)[C@@H](C)/C=C(C)/C(C)=C/C=C/C(C)=C\C#N)OC)C(OP(O)O)C3(C)C)co1)N(C)C.NC=O. The molecule has 1 aromatic heterocycles. The number of aromatic nitrogens is 1. The molecule has 2 aliphatic heterocycles. The predicted octanol–water partition coefficient (Wildman–Crippen LogP) is 5.65. The van der Waals surface area contributed by atoms with Gasteiger partial charge >= 0.3 is 8.60 Å². The first-order valence-electron chi connectivity index (χ1n) is 24.1. The molecule has 10 unspecified atom stereocenters. The lowest BCUT2D eigenvalue weighted by Gasteiger charge is -2.50. The number of methoxy groups -OCH3 is 2. The summed E-state index contributed by atoms with van der Waals surface area (Å²) in [6.07, 6.45) is 8.17. The molecular formula is C51H87N4O14P. The smallest absolute Gasteiger partial charge is 0.327 e. The van der Waals surface area contributed by atoms with Crippen LogP contribution >= 0.6 is 8.60 Å². The van der Waals surface area contributed by atoms with E-state index in [-0.39, 0.29) is 43.7 Å². The zero-order valence-corrected chi connectivity index (χ0v) is 44.9. The van der Waals surface area contributed by atoms with Gasteiger partial charge < -0.3 is 73.8 Å². The number of aliphatic hydroxyl groups is 5. The minimum Gasteiger partial charge on any atom is -0.448 e. The molecule has 70 heavy (non-hydrogen) atoms. The monoisotopic (exact) mass is 1010 g/mol. The van der Waals surface area contributed by atoms with Crippen molar-refractivity contribution < 1.29 is 68.0 Å². The zero-order chi connectivity index (χ0) is 53.5. The van der Waals surface area contributed by atoms with Gasteiger partial charge in [0.2, 0.25) is 6.41 Å². The summed E-state index contributed by atoms with van der Waals surface area (Å²) in [4.78, 5) is 35.3. The van der Waals surface area contributed by atoms with Gasteiger partial charge in [0.25, 0.3) is 0 Å². The highest BCUT2D eigenvalue weighted by Crippen LogP contribution is 2.57. The van der Waals surface area contributed by atoms with Crippen LogP contribution in [0.1, 0.15) is 113 Å². The first-order chi connectivity index (χ1) is 32.9. The summed E-state index contributed by atoms with van der Waals surface area (Å²) in [5, 5.41) is 64.6. The topological polar surface area (TPSA) is 284 Å². The van der Waals surface area contributed by atoms with E-state index in [2.05, 4.69) is 10.7 Å². The summed E-state index contributed by atoms with van der Waals surface area (Å²) in [7, 11) is 3.80. The third-order valence-electron chi connectivity index (χ3n) is 13.4. The molecule has 1 aromatic rings. The second-order valence-corrected chi connectivity index (χ2v) is 19.6. The van der Waals surface area contributed by atoms with Crippen LogP contribution in [0.4, 0.5) is 0 Å². The third kappa shape index (κ3) is 19.0. The van der Waals surface area contributed by atoms with E-state index in [1.165, 1.54) is 19.4 Å². The minimum absolute atomic E-state index is 0.00750. The Bertz CT molecular complexity index is 1860. The lowest BCUT2D eigenvalue weighted by atomic mass is 9.72. The van der Waals surface area contributed by atoms with E-state index in [0.717, 1.165) is 16.7 Å². The molecule has 0 bridgehead atoms. The predicted molar refractivity (Wildman–Crippen MR) is 270 cm³/mol. The lowest BCUT2D eigenvalue weighted by Crippen LogP contribution is -2.58. The van der Waals surface area contributed by atoms with Crippen molar-refractivity contribution in [1.29, 1.82) is 5.26 Å². The van der Waals surface area contributed by atoms with Crippen LogP contribution in [0.2, 0.25) is 0 Å². The summed E-state index contributed by atoms with van der Waals surface area (Å²) in [5.74, 6) is -2.21. The summed E-state index contributed by atoms with van der Waals surface area (Å²) in [6.45, 7) is 19.2. The largest absolute Gasteiger partial charge is 0.448 e. The van der Waals surface area contributed by atoms with E-state index < -0.39 is 80.7 Å². The van der Waals surface area contributed by atoms with Gasteiger partial charge in [-0.1, -0.05) is 84.4 Å². The van der Waals surface area contributed by atoms with Crippen LogP contribution in [0.15, 0.2) is 63.9 Å². The third-order valence-corrected chi connectivity index (χ3v) is 13.8. The molecule has 0 aliphatic carbocycles. The van der Waals surface area contributed by atoms with Crippen molar-refractivity contribution in [2.45, 2.75) is 175 Å². The summed E-state index contributed by atoms with van der Waals surface area (Å²) in [6, 6.07) is 1.66. The van der Waals surface area contributed by atoms with Crippen molar-refractivity contribution in [2.24, 2.45) is 28.9 Å². The highest BCUT2D eigenvalue weighted by Gasteiger charge is 2.67. The second kappa shape index (κ2) is 32.1. The summed E-state index contributed by atoms with van der Waals surface area (Å²) >= 11 is 0. The van der Waals surface area contributed by atoms with Crippen LogP contribution < -0.4 is 5.73 Å². The van der Waals surface area contributed by atoms with Crippen LogP contribution in [0, 0.1) is 34.5 Å². The molecule has 19 heteroatoms. The molecule has 2 fully saturated rings. The number of carbonyl (C=O) groups excluding carboxylic acids is 1. The number of ether oxygens (including phenoxy) is 4. The molecule has 18 nitrogen and oxygen atoms in total. The van der Waals surface area contributed by atoms with Gasteiger partial charge in [0, 0.05) is 62.7 Å². The Hall–Kier alpha value is -3.22. The van der Waals surface area contributed by atoms with E-state index in [0.29, 0.717) is 37.3 Å². The van der Waals surface area contributed by atoms with E-state index in [4.69, 9.17) is 37.9 Å². The molecule has 9 N–H and O–H groups in total. The quantitative estimate of drug-likeness (QED) is 0.0254. The first kappa shape index (κ1) is 64.8. The maximum absolute atomic E-state index is 11.6. The molecule has 1 amide bonds. The Morgan fingerprint density at radius 1 is 1.07 bits per heavy atom. The zero-order valence-electron chi connectivity index (χ0n) is 44.0. The molecule has 0 radical (unpaired) electrons. The van der Waals surface area contributed by atoms with Crippen molar-refractivity contribution in [3.8, 4) is 6.07 Å². The van der Waals surface area contributed by atoms with E-state index >= 15 is 0 Å². The fraction of sp³-hybridized carbons (Fsp3) is 0.706. The minimum atomic E-state index is -2.86. The lowest BCUT2D eigenvalue weighted by molar-refractivity contribution is -0.334. The molecule has 400 valence electrons. The molecule has 2 aliphatic rings. The number of carbonyl (C=O) groups is 1. The average Bonchev–Trinajstić information content (AvgIpc) is 3.84. The van der Waals surface area contributed by atoms with Crippen LogP contribution in [0.5, 0.6) is 0 Å². The van der Waals surface area contributed by atoms with Crippen LogP contribution in [-0.4, -0.2) is 153 Å². The van der Waals surface area contributed by atoms with Gasteiger partial charge in [-0.15, -0.1) is 0 Å². The molecular weight excluding hydrogens is 924 g/mol. The number of primary amides is 1. The normalized spacial score (nSPS) is 26.5. The van der Waals surface area contributed by atoms with E-state index in [1.807, 2.05) is 118 Å². The van der Waals surface area contributed by atoms with Crippen molar-refractivity contribution >= 4 is 21.1 Å². The van der Waals surface area contributed by atoms with Crippen LogP contribution in [0.25, 0.3) is 6.08 Å². The molecule has 14 atom stereocenters. The molecule has 1 spiro atoms. The van der Waals surface area contributed by atoms with Gasteiger partial charge in [-0.3, -0.25) is 4.79 Å². The number of nitrogens with two attached hydrogens (primary N) is 1. The van der Waals surface area contributed by atoms with Crippen molar-refractivity contribution in [3.05, 3.63) is 71.0 Å². The fourth-order valence-electron chi connectivity index (χ4n) is 8.71. The number of hydrogen-bond acceptors (Lipinski definition) is 17. The molecule has 2 saturated heterocycles. The first-order valence-corrected chi connectivity index (χ1v) is 25.3. The number of hydrogen-bond donors (Lipinski definition) is 8. The summed E-state index contributed by atoms with van der Waals surface area (Å²) < 4.78 is 36.2. The standard InChI is InChI=1S/C48H78N3O13P.C2H6.CH3NO/c1-29(22-23-49)16-13-17-30(2)31(3)24-32(4)43(55)34(6)38(53)25-41(60-12)45-46(64-65(57)58)47(7,8)48(63-45)26-39(54)33(5)40(62-48)20-14-18-35-27-61-42(50-35)21-15-19-37(52)44(56)36(28-59-11)51(9)10;1-2;2-1-3/h13-14,16-18,22,24,27,32-34,36-41,43-46,52-58H,15,19-21,25-26,28H2,1-12H3;1-2H3;1H,(H2,2,3)/b16-13+,18-14+,29-22-,30-17+,31-24+;;/t32-,33?,34+,36?,37?,38?,39-,40?,41?,43?,44+,45?,46?,48?;;/m0../s1. The Morgan fingerprint density at radius 3 is 2.29 bits per heavy atom. The number of aryl methyl sites for hydroxylation is 1. The maximum atomic E-state index is 11.6. The molecule has 0 saturated carbocycles. The van der Waals surface area contributed by atoms with Crippen LogP contribution in [-0.2, 0) is 34.7 Å². The van der Waals surface area contributed by atoms with Gasteiger partial charge in [0.1, 0.15) is 24.2 Å². The Balaban J connectivity index is 0.00000471. The molecule has 3 heterocycles. The summed E-state index contributed by atoms with van der Waals surface area (Å²) in [5.41, 5.74) is 6.45. The van der Waals surface area contributed by atoms with E-state index in [1.54, 1.807) is 20.1 Å². The average molecular weight is 1010 g/mol. The van der Waals surface area contributed by atoms with Gasteiger partial charge in [0.15, 0.2) is 11.7 Å². The number of rotatable bonds is 25. The van der Waals surface area contributed by atoms with Gasteiger partial charge in [-0.25, -0.2) is 4.98 Å². The van der Waals surface area contributed by atoms with Gasteiger partial charge in [0.05, 0.1) is 61.4 Å². The number of oxazole rings is 1. The highest BCUT2D eigenvalue weighted by molar-refractivity contribution is 7.39. The second-order valence-electron chi connectivity index (χ2n) is 18.9. The number of amides is 1. The Labute approximate surface area is 418 Å².